The van der Waals surface area contributed by atoms with E-state index in [1.54, 1.807) is 16.8 Å². The third-order valence-corrected chi connectivity index (χ3v) is 5.14. The SMILES string of the molecule is CC(C)c1cccc(NC(=O)Cn2cnc3c(nnn3Cc3ccc(Cl)cc3)c2=O)c1. The topological polar surface area (TPSA) is 94.7 Å². The summed E-state index contributed by atoms with van der Waals surface area (Å²) >= 11 is 5.92. The normalized spacial score (nSPS) is 11.2. The number of fused-ring (bicyclic) bond motifs is 1. The van der Waals surface area contributed by atoms with Gasteiger partial charge in [0.1, 0.15) is 12.9 Å². The molecule has 0 aliphatic heterocycles. The van der Waals surface area contributed by atoms with Crippen molar-refractivity contribution in [1.82, 2.24) is 24.5 Å². The van der Waals surface area contributed by atoms with Crippen LogP contribution in [0.5, 0.6) is 0 Å². The van der Waals surface area contributed by atoms with E-state index in [1.807, 2.05) is 36.4 Å². The first-order valence-corrected chi connectivity index (χ1v) is 10.2. The van der Waals surface area contributed by atoms with Crippen LogP contribution in [0.1, 0.15) is 30.9 Å². The van der Waals surface area contributed by atoms with Gasteiger partial charge in [0.2, 0.25) is 5.91 Å². The van der Waals surface area contributed by atoms with Crippen molar-refractivity contribution >= 4 is 34.4 Å². The van der Waals surface area contributed by atoms with Gasteiger partial charge in [0, 0.05) is 10.7 Å². The van der Waals surface area contributed by atoms with Crippen molar-refractivity contribution in [2.24, 2.45) is 0 Å². The average Bonchev–Trinajstić information content (AvgIpc) is 3.15. The number of amides is 1. The smallest absolute Gasteiger partial charge is 0.283 e. The summed E-state index contributed by atoms with van der Waals surface area (Å²) in [6.45, 7) is 4.40. The molecule has 0 atom stereocenters. The van der Waals surface area contributed by atoms with Crippen LogP contribution in [0, 0.1) is 0 Å². The molecule has 2 aromatic heterocycles. The highest BCUT2D eigenvalue weighted by Gasteiger charge is 2.14. The second-order valence-electron chi connectivity index (χ2n) is 7.55. The van der Waals surface area contributed by atoms with Crippen molar-refractivity contribution < 1.29 is 4.79 Å². The third-order valence-electron chi connectivity index (χ3n) is 4.89. The Morgan fingerprint density at radius 2 is 1.94 bits per heavy atom. The quantitative estimate of drug-likeness (QED) is 0.499. The van der Waals surface area contributed by atoms with E-state index in [0.29, 0.717) is 28.8 Å². The molecular weight excluding hydrogens is 416 g/mol. The van der Waals surface area contributed by atoms with Crippen LogP contribution in [0.15, 0.2) is 59.7 Å². The summed E-state index contributed by atoms with van der Waals surface area (Å²) in [5.41, 5.74) is 2.82. The van der Waals surface area contributed by atoms with Crippen LogP contribution >= 0.6 is 11.6 Å². The maximum Gasteiger partial charge on any atom is 0.283 e. The van der Waals surface area contributed by atoms with E-state index in [0.717, 1.165) is 11.1 Å². The molecule has 2 heterocycles. The molecule has 0 radical (unpaired) electrons. The van der Waals surface area contributed by atoms with Gasteiger partial charge in [-0.05, 0) is 41.3 Å². The number of aromatic nitrogens is 5. The van der Waals surface area contributed by atoms with Crippen LogP contribution in [0.25, 0.3) is 11.2 Å². The number of nitrogens with one attached hydrogen (secondary N) is 1. The third kappa shape index (κ3) is 4.64. The summed E-state index contributed by atoms with van der Waals surface area (Å²) in [6.07, 6.45) is 1.34. The summed E-state index contributed by atoms with van der Waals surface area (Å²) in [6, 6.07) is 15.0. The van der Waals surface area contributed by atoms with Crippen LogP contribution in [-0.2, 0) is 17.9 Å². The lowest BCUT2D eigenvalue weighted by molar-refractivity contribution is -0.116. The Kier molecular flexibility index (Phi) is 5.81. The molecule has 0 bridgehead atoms. The molecule has 4 rings (SSSR count). The van der Waals surface area contributed by atoms with Gasteiger partial charge in [0.25, 0.3) is 5.56 Å². The standard InChI is InChI=1S/C22H21ClN6O2/c1-14(2)16-4-3-5-18(10-16)25-19(30)12-28-13-24-21-20(22(28)31)26-27-29(21)11-15-6-8-17(23)9-7-15/h3-10,13-14H,11-12H2,1-2H3,(H,25,30). The molecule has 0 saturated carbocycles. The average molecular weight is 437 g/mol. The van der Waals surface area contributed by atoms with E-state index in [-0.39, 0.29) is 18.0 Å². The number of halogens is 1. The lowest BCUT2D eigenvalue weighted by Gasteiger charge is -2.10. The molecule has 0 saturated heterocycles. The number of benzene rings is 2. The Hall–Kier alpha value is -3.52. The fraction of sp³-hybridized carbons (Fsp3) is 0.227. The summed E-state index contributed by atoms with van der Waals surface area (Å²) in [5, 5.41) is 11.5. The summed E-state index contributed by atoms with van der Waals surface area (Å²) in [7, 11) is 0. The fourth-order valence-electron chi connectivity index (χ4n) is 3.20. The minimum Gasteiger partial charge on any atom is -0.325 e. The van der Waals surface area contributed by atoms with Crippen LogP contribution in [-0.4, -0.2) is 30.5 Å². The molecule has 0 fully saturated rings. The maximum atomic E-state index is 12.8. The molecule has 1 amide bonds. The van der Waals surface area contributed by atoms with E-state index in [2.05, 4.69) is 34.5 Å². The van der Waals surface area contributed by atoms with Crippen molar-refractivity contribution in [2.45, 2.75) is 32.9 Å². The summed E-state index contributed by atoms with van der Waals surface area (Å²) in [5.74, 6) is 0.0271. The van der Waals surface area contributed by atoms with Gasteiger partial charge >= 0.3 is 0 Å². The van der Waals surface area contributed by atoms with Gasteiger partial charge in [-0.15, -0.1) is 5.10 Å². The van der Waals surface area contributed by atoms with E-state index in [1.165, 1.54) is 10.9 Å². The van der Waals surface area contributed by atoms with E-state index < -0.39 is 5.56 Å². The predicted molar refractivity (Wildman–Crippen MR) is 119 cm³/mol. The Morgan fingerprint density at radius 1 is 1.16 bits per heavy atom. The van der Waals surface area contributed by atoms with Gasteiger partial charge in [-0.2, -0.15) is 0 Å². The van der Waals surface area contributed by atoms with Crippen LogP contribution in [0.3, 0.4) is 0 Å². The van der Waals surface area contributed by atoms with Crippen LogP contribution in [0.4, 0.5) is 5.69 Å². The van der Waals surface area contributed by atoms with Gasteiger partial charge < -0.3 is 5.32 Å². The molecule has 158 valence electrons. The Balaban J connectivity index is 1.52. The molecule has 0 aliphatic carbocycles. The highest BCUT2D eigenvalue weighted by atomic mass is 35.5. The molecular formula is C22H21ClN6O2. The first kappa shape index (κ1) is 20.7. The zero-order valence-electron chi connectivity index (χ0n) is 17.1. The zero-order valence-corrected chi connectivity index (χ0v) is 17.9. The van der Waals surface area contributed by atoms with Crippen molar-refractivity contribution in [3.8, 4) is 0 Å². The van der Waals surface area contributed by atoms with Gasteiger partial charge in [0.05, 0.1) is 6.54 Å². The minimum absolute atomic E-state index is 0.117. The van der Waals surface area contributed by atoms with Crippen molar-refractivity contribution in [3.05, 3.63) is 81.4 Å². The molecule has 8 nitrogen and oxygen atoms in total. The lowest BCUT2D eigenvalue weighted by Crippen LogP contribution is -2.28. The van der Waals surface area contributed by atoms with Crippen molar-refractivity contribution in [3.63, 3.8) is 0 Å². The molecule has 4 aromatic rings. The van der Waals surface area contributed by atoms with E-state index in [4.69, 9.17) is 11.6 Å². The van der Waals surface area contributed by atoms with Gasteiger partial charge in [0.15, 0.2) is 11.2 Å². The van der Waals surface area contributed by atoms with Gasteiger partial charge in [-0.1, -0.05) is 54.9 Å². The molecule has 9 heteroatoms. The monoisotopic (exact) mass is 436 g/mol. The molecule has 1 N–H and O–H groups in total. The van der Waals surface area contributed by atoms with Gasteiger partial charge in [-0.25, -0.2) is 9.67 Å². The largest absolute Gasteiger partial charge is 0.325 e. The Morgan fingerprint density at radius 3 is 2.68 bits per heavy atom. The molecule has 0 unspecified atom stereocenters. The number of carbonyl (C=O) groups is 1. The Bertz CT molecular complexity index is 1290. The predicted octanol–water partition coefficient (Wildman–Crippen LogP) is 3.45. The number of anilines is 1. The lowest BCUT2D eigenvalue weighted by atomic mass is 10.0. The van der Waals surface area contributed by atoms with Gasteiger partial charge in [-0.3, -0.25) is 14.2 Å². The highest BCUT2D eigenvalue weighted by molar-refractivity contribution is 6.30. The molecule has 0 aliphatic rings. The highest BCUT2D eigenvalue weighted by Crippen LogP contribution is 2.18. The first-order chi connectivity index (χ1) is 14.9. The fourth-order valence-corrected chi connectivity index (χ4v) is 3.33. The summed E-state index contributed by atoms with van der Waals surface area (Å²) < 4.78 is 2.77. The second-order valence-corrected chi connectivity index (χ2v) is 7.99. The van der Waals surface area contributed by atoms with Crippen LogP contribution < -0.4 is 10.9 Å². The molecule has 2 aromatic carbocycles. The summed E-state index contributed by atoms with van der Waals surface area (Å²) in [4.78, 5) is 29.6. The molecule has 31 heavy (non-hydrogen) atoms. The van der Waals surface area contributed by atoms with E-state index >= 15 is 0 Å². The van der Waals surface area contributed by atoms with Crippen molar-refractivity contribution in [1.29, 1.82) is 0 Å². The first-order valence-electron chi connectivity index (χ1n) is 9.83. The zero-order chi connectivity index (χ0) is 22.0. The second kappa shape index (κ2) is 8.69. The number of rotatable bonds is 6. The number of nitrogens with zero attached hydrogens (tertiary/aromatic N) is 5. The Labute approximate surface area is 183 Å². The number of hydrogen-bond donors (Lipinski definition) is 1. The number of carbonyl (C=O) groups excluding carboxylic acids is 1. The minimum atomic E-state index is -0.418. The van der Waals surface area contributed by atoms with Crippen LogP contribution in [0.2, 0.25) is 5.02 Å². The number of hydrogen-bond acceptors (Lipinski definition) is 5. The molecule has 0 spiro atoms. The maximum absolute atomic E-state index is 12.8. The van der Waals surface area contributed by atoms with E-state index in [9.17, 15) is 9.59 Å². The van der Waals surface area contributed by atoms with Crippen molar-refractivity contribution in [2.75, 3.05) is 5.32 Å².